The number of carbonyl (C=O) groups excluding carboxylic acids is 4. The second-order valence-corrected chi connectivity index (χ2v) is 14.7. The summed E-state index contributed by atoms with van der Waals surface area (Å²) in [5.41, 5.74) is 0.912. The Bertz CT molecular complexity index is 1710. The predicted molar refractivity (Wildman–Crippen MR) is 203 cm³/mol. The minimum atomic E-state index is -1.46. The van der Waals surface area contributed by atoms with Gasteiger partial charge in [0.15, 0.2) is 0 Å². The number of likely N-dealkylation sites (tertiary alicyclic amines) is 1. The molecule has 6 rings (SSSR count). The van der Waals surface area contributed by atoms with Gasteiger partial charge in [-0.2, -0.15) is 0 Å². The quantitative estimate of drug-likeness (QED) is 0.286. The smallest absolute Gasteiger partial charge is 0.313 e. The Balaban J connectivity index is 1.48. The average Bonchev–Trinajstić information content (AvgIpc) is 3.83. The molecule has 9 atom stereocenters. The summed E-state index contributed by atoms with van der Waals surface area (Å²) < 4.78 is 13.0. The topological polar surface area (TPSA) is 120 Å². The lowest BCUT2D eigenvalue weighted by atomic mass is 9.74. The molecule has 0 saturated carbocycles. The molecule has 2 fully saturated rings. The summed E-state index contributed by atoms with van der Waals surface area (Å²) in [5, 5.41) is 10.8. The summed E-state index contributed by atoms with van der Waals surface area (Å²) in [5.74, 6) is -3.79. The van der Waals surface area contributed by atoms with Gasteiger partial charge in [-0.05, 0) is 62.9 Å². The number of aliphatic hydroxyl groups excluding tert-OH is 1. The van der Waals surface area contributed by atoms with Crippen molar-refractivity contribution < 1.29 is 33.8 Å². The Hall–Kier alpha value is -4.48. The van der Waals surface area contributed by atoms with Gasteiger partial charge in [-0.25, -0.2) is 0 Å². The normalized spacial score (nSPS) is 30.7. The predicted octanol–water partition coefficient (Wildman–Crippen LogP) is 4.90. The standard InChI is InChI=1S/C42H54N4O7/c1-7-27(4)32(26-47)46-38-40(50)45(31-21-19-30(20-22-31)44(8-2)9-3)25-15-11-14-18-34(48)43(6)28(5)37(29-16-12-10-13-17-29)52-41(51)35-33-23-24-42(38,53-33)36(35)39(46)49/h10-13,15-17,19-24,27-28,32-33,35-38,47H,7-9,14,18,25-26H2,1-6H3/b15-11-/t27-,28+,32-,33-,35+,36+,37-,38-,42+/m0/s1. The zero-order valence-corrected chi connectivity index (χ0v) is 31.8. The van der Waals surface area contributed by atoms with Crippen LogP contribution in [-0.2, 0) is 28.7 Å². The molecule has 0 aliphatic carbocycles. The number of esters is 1. The molecule has 0 unspecified atom stereocenters. The molecular formula is C42H54N4O7. The molecule has 3 amide bonds. The first-order chi connectivity index (χ1) is 25.5. The summed E-state index contributed by atoms with van der Waals surface area (Å²) in [7, 11) is 1.71. The monoisotopic (exact) mass is 726 g/mol. The Morgan fingerprint density at radius 2 is 1.66 bits per heavy atom. The fourth-order valence-corrected chi connectivity index (χ4v) is 8.63. The fraction of sp³-hybridized carbons (Fsp3) is 0.524. The van der Waals surface area contributed by atoms with Gasteiger partial charge in [0.2, 0.25) is 11.8 Å². The summed E-state index contributed by atoms with van der Waals surface area (Å²) in [6.07, 6.45) is 7.03. The Morgan fingerprint density at radius 3 is 2.30 bits per heavy atom. The molecule has 11 nitrogen and oxygen atoms in total. The summed E-state index contributed by atoms with van der Waals surface area (Å²) in [6, 6.07) is 14.7. The van der Waals surface area contributed by atoms with Gasteiger partial charge in [0, 0.05) is 44.5 Å². The van der Waals surface area contributed by atoms with E-state index in [1.807, 2.05) is 87.5 Å². The van der Waals surface area contributed by atoms with Crippen molar-refractivity contribution in [3.8, 4) is 0 Å². The van der Waals surface area contributed by atoms with E-state index in [1.54, 1.807) is 29.0 Å². The highest BCUT2D eigenvalue weighted by atomic mass is 16.6. The first kappa shape index (κ1) is 38.3. The summed E-state index contributed by atoms with van der Waals surface area (Å²) >= 11 is 0. The number of aliphatic hydroxyl groups is 1. The Kier molecular flexibility index (Phi) is 11.4. The zero-order chi connectivity index (χ0) is 38.0. The minimum absolute atomic E-state index is 0.113. The molecule has 4 heterocycles. The average molecular weight is 727 g/mol. The van der Waals surface area contributed by atoms with Crippen LogP contribution in [0.2, 0.25) is 0 Å². The van der Waals surface area contributed by atoms with E-state index in [0.29, 0.717) is 24.1 Å². The van der Waals surface area contributed by atoms with Gasteiger partial charge in [-0.15, -0.1) is 0 Å². The van der Waals surface area contributed by atoms with Crippen LogP contribution in [0.5, 0.6) is 0 Å². The van der Waals surface area contributed by atoms with Crippen molar-refractivity contribution in [1.29, 1.82) is 0 Å². The van der Waals surface area contributed by atoms with E-state index >= 15 is 4.79 Å². The van der Waals surface area contributed by atoms with Crippen LogP contribution in [0.25, 0.3) is 0 Å². The van der Waals surface area contributed by atoms with Crippen LogP contribution < -0.4 is 9.80 Å². The molecule has 2 aromatic carbocycles. The van der Waals surface area contributed by atoms with Gasteiger partial charge in [-0.3, -0.25) is 19.2 Å². The van der Waals surface area contributed by atoms with E-state index in [0.717, 1.165) is 18.8 Å². The lowest BCUT2D eigenvalue weighted by Gasteiger charge is -2.40. The third-order valence-corrected chi connectivity index (χ3v) is 12.0. The number of carbonyl (C=O) groups is 4. The minimum Gasteiger partial charge on any atom is -0.455 e. The van der Waals surface area contributed by atoms with Crippen LogP contribution in [0.4, 0.5) is 11.4 Å². The number of ether oxygens (including phenoxy) is 2. The van der Waals surface area contributed by atoms with Crippen LogP contribution in [0, 0.1) is 17.8 Å². The molecule has 2 aromatic rings. The fourth-order valence-electron chi connectivity index (χ4n) is 8.63. The van der Waals surface area contributed by atoms with Gasteiger partial charge in [0.1, 0.15) is 23.7 Å². The van der Waals surface area contributed by atoms with E-state index in [4.69, 9.17) is 9.47 Å². The van der Waals surface area contributed by atoms with E-state index in [1.165, 1.54) is 4.90 Å². The largest absolute Gasteiger partial charge is 0.455 e. The molecule has 4 aliphatic heterocycles. The molecule has 0 aromatic heterocycles. The van der Waals surface area contributed by atoms with E-state index in [-0.39, 0.29) is 37.3 Å². The van der Waals surface area contributed by atoms with Crippen LogP contribution >= 0.6 is 0 Å². The maximum absolute atomic E-state index is 15.3. The molecule has 2 saturated heterocycles. The summed E-state index contributed by atoms with van der Waals surface area (Å²) in [6.45, 7) is 11.4. The highest BCUT2D eigenvalue weighted by Gasteiger charge is 2.74. The number of cyclic esters (lactones) is 1. The maximum atomic E-state index is 15.3. The lowest BCUT2D eigenvalue weighted by molar-refractivity contribution is -0.164. The number of allylic oxidation sites excluding steroid dienone is 1. The van der Waals surface area contributed by atoms with Gasteiger partial charge in [-0.1, -0.05) is 74.9 Å². The SMILES string of the molecule is CC[C@H](C)[C@H](CO)N1C(=O)[C@H]2[C@@H]3C(=O)O[C@H](c4ccccc4)[C@@H](C)N(C)C(=O)CC/C=C\CN(c4ccc(N(CC)CC)cc4)C(=O)[C@H]1[C@@]21C=C[C@@H]3O1. The van der Waals surface area contributed by atoms with Crippen LogP contribution in [-0.4, -0.2) is 102 Å². The third-order valence-electron chi connectivity index (χ3n) is 12.0. The van der Waals surface area contributed by atoms with Gasteiger partial charge < -0.3 is 34.2 Å². The van der Waals surface area contributed by atoms with Crippen molar-refractivity contribution in [2.75, 3.05) is 43.1 Å². The highest BCUT2D eigenvalue weighted by molar-refractivity contribution is 6.05. The van der Waals surface area contributed by atoms with Crippen LogP contribution in [0.15, 0.2) is 78.9 Å². The molecule has 1 spiro atoms. The number of amides is 3. The first-order valence-corrected chi connectivity index (χ1v) is 19.1. The van der Waals surface area contributed by atoms with E-state index in [2.05, 4.69) is 18.7 Å². The van der Waals surface area contributed by atoms with Gasteiger partial charge >= 0.3 is 5.97 Å². The lowest BCUT2D eigenvalue weighted by Crippen LogP contribution is -2.59. The molecule has 5 bridgehead atoms. The van der Waals surface area contributed by atoms with Crippen molar-refractivity contribution in [3.63, 3.8) is 0 Å². The number of hydrogen-bond donors (Lipinski definition) is 1. The molecular weight excluding hydrogens is 672 g/mol. The maximum Gasteiger partial charge on any atom is 0.313 e. The number of nitrogens with zero attached hydrogens (tertiary/aromatic N) is 4. The number of benzene rings is 2. The van der Waals surface area contributed by atoms with Crippen LogP contribution in [0.1, 0.15) is 65.5 Å². The zero-order valence-electron chi connectivity index (χ0n) is 31.8. The number of likely N-dealkylation sites (N-methyl/N-ethyl adjacent to an activating group) is 1. The second kappa shape index (κ2) is 15.9. The molecule has 11 heteroatoms. The number of fused-ring (bicyclic) bond motifs is 2. The number of hydrogen-bond acceptors (Lipinski definition) is 8. The molecule has 284 valence electrons. The van der Waals surface area contributed by atoms with Crippen molar-refractivity contribution >= 4 is 35.1 Å². The van der Waals surface area contributed by atoms with E-state index in [9.17, 15) is 19.5 Å². The van der Waals surface area contributed by atoms with Crippen molar-refractivity contribution in [3.05, 3.63) is 84.5 Å². The molecule has 4 aliphatic rings. The van der Waals surface area contributed by atoms with Gasteiger partial charge in [0.05, 0.1) is 30.7 Å². The molecule has 53 heavy (non-hydrogen) atoms. The number of rotatable bonds is 9. The first-order valence-electron chi connectivity index (χ1n) is 19.1. The molecule has 1 N–H and O–H groups in total. The van der Waals surface area contributed by atoms with Crippen LogP contribution in [0.3, 0.4) is 0 Å². The highest BCUT2D eigenvalue weighted by Crippen LogP contribution is 2.57. The van der Waals surface area contributed by atoms with Gasteiger partial charge in [0.25, 0.3) is 5.91 Å². The number of anilines is 2. The summed E-state index contributed by atoms with van der Waals surface area (Å²) in [4.78, 5) is 65.2. The van der Waals surface area contributed by atoms with Crippen molar-refractivity contribution in [2.45, 2.75) is 89.8 Å². The van der Waals surface area contributed by atoms with Crippen molar-refractivity contribution in [2.24, 2.45) is 17.8 Å². The van der Waals surface area contributed by atoms with Crippen molar-refractivity contribution in [1.82, 2.24) is 9.80 Å². The van der Waals surface area contributed by atoms with E-state index < -0.39 is 59.6 Å². The second-order valence-electron chi connectivity index (χ2n) is 14.7. The molecule has 0 radical (unpaired) electrons. The Labute approximate surface area is 313 Å². The third kappa shape index (κ3) is 6.78. The Morgan fingerprint density at radius 1 is 0.962 bits per heavy atom.